The van der Waals surface area contributed by atoms with Crippen LogP contribution in [0.15, 0.2) is 12.1 Å². The molecule has 0 spiro atoms. The normalized spacial score (nSPS) is 12.4. The molecule has 0 bridgehead atoms. The van der Waals surface area contributed by atoms with Crippen molar-refractivity contribution in [3.63, 3.8) is 0 Å². The van der Waals surface area contributed by atoms with Gasteiger partial charge in [0.15, 0.2) is 11.5 Å². The minimum atomic E-state index is -2.94. The van der Waals surface area contributed by atoms with Crippen molar-refractivity contribution < 1.29 is 18.3 Å². The van der Waals surface area contributed by atoms with Crippen LogP contribution in [-0.2, 0) is 12.3 Å². The fraction of sp³-hybridized carbons (Fsp3) is 0.571. The van der Waals surface area contributed by atoms with Gasteiger partial charge in [-0.15, -0.1) is 0 Å². The van der Waals surface area contributed by atoms with Gasteiger partial charge in [-0.1, -0.05) is 0 Å². The summed E-state index contributed by atoms with van der Waals surface area (Å²) in [7, 11) is 2.90. The van der Waals surface area contributed by atoms with Gasteiger partial charge in [0, 0.05) is 23.6 Å². The number of hydrogen-bond acceptors (Lipinski definition) is 3. The van der Waals surface area contributed by atoms with Crippen LogP contribution in [0.4, 0.5) is 8.78 Å². The Morgan fingerprint density at radius 3 is 2.05 bits per heavy atom. The maximum Gasteiger partial charge on any atom is 0.270 e. The van der Waals surface area contributed by atoms with Gasteiger partial charge in [0.2, 0.25) is 0 Å². The minimum Gasteiger partial charge on any atom is -0.493 e. The van der Waals surface area contributed by atoms with E-state index in [-0.39, 0.29) is 5.56 Å². The maximum atomic E-state index is 13.5. The summed E-state index contributed by atoms with van der Waals surface area (Å²) >= 11 is 0. The average Bonchev–Trinajstić information content (AvgIpc) is 2.24. The molecule has 19 heavy (non-hydrogen) atoms. The minimum absolute atomic E-state index is 0.107. The van der Waals surface area contributed by atoms with Gasteiger partial charge in [-0.05, 0) is 32.4 Å². The van der Waals surface area contributed by atoms with E-state index in [0.29, 0.717) is 23.5 Å². The number of ether oxygens (including phenoxy) is 2. The number of methoxy groups -OCH3 is 2. The van der Waals surface area contributed by atoms with E-state index in [9.17, 15) is 8.78 Å². The molecule has 0 aromatic heterocycles. The summed E-state index contributed by atoms with van der Waals surface area (Å²) in [6, 6.07) is 2.72. The summed E-state index contributed by atoms with van der Waals surface area (Å²) in [5, 5.41) is 0. The van der Waals surface area contributed by atoms with Gasteiger partial charge in [-0.3, -0.25) is 0 Å². The molecular weight excluding hydrogens is 252 g/mol. The Morgan fingerprint density at radius 1 is 1.11 bits per heavy atom. The zero-order valence-electron chi connectivity index (χ0n) is 12.0. The summed E-state index contributed by atoms with van der Waals surface area (Å²) in [5.74, 6) is -2.19. The Kier molecular flexibility index (Phi) is 4.40. The van der Waals surface area contributed by atoms with Crippen LogP contribution in [0.2, 0.25) is 0 Å². The molecule has 2 N–H and O–H groups in total. The first-order chi connectivity index (χ1) is 8.58. The Morgan fingerprint density at radius 2 is 1.68 bits per heavy atom. The lowest BCUT2D eigenvalue weighted by Gasteiger charge is -2.23. The molecule has 0 fully saturated rings. The van der Waals surface area contributed by atoms with Gasteiger partial charge < -0.3 is 15.2 Å². The second-order valence-electron chi connectivity index (χ2n) is 5.42. The van der Waals surface area contributed by atoms with E-state index in [2.05, 4.69) is 0 Å². The van der Waals surface area contributed by atoms with E-state index in [1.807, 2.05) is 13.8 Å². The molecule has 0 saturated carbocycles. The quantitative estimate of drug-likeness (QED) is 0.896. The standard InChI is InChI=1S/C14H21F2NO2/c1-13(2,17)8-9-6-10(14(3,15)16)7-11(18-4)12(9)19-5/h6-7H,8,17H2,1-5H3. The number of hydrogen-bond donors (Lipinski definition) is 1. The number of benzene rings is 1. The third-order valence-electron chi connectivity index (χ3n) is 2.71. The summed E-state index contributed by atoms with van der Waals surface area (Å²) in [4.78, 5) is 0. The highest BCUT2D eigenvalue weighted by molar-refractivity contribution is 5.51. The second-order valence-corrected chi connectivity index (χ2v) is 5.42. The molecule has 0 aliphatic rings. The average molecular weight is 273 g/mol. The van der Waals surface area contributed by atoms with Gasteiger partial charge in [0.05, 0.1) is 14.2 Å². The lowest BCUT2D eigenvalue weighted by molar-refractivity contribution is 0.0171. The molecular formula is C14H21F2NO2. The predicted octanol–water partition coefficient (Wildman–Crippen LogP) is 3.10. The van der Waals surface area contributed by atoms with Gasteiger partial charge in [-0.2, -0.15) is 0 Å². The van der Waals surface area contributed by atoms with Crippen molar-refractivity contribution in [1.29, 1.82) is 0 Å². The molecule has 0 unspecified atom stereocenters. The van der Waals surface area contributed by atoms with Crippen molar-refractivity contribution >= 4 is 0 Å². The molecule has 3 nitrogen and oxygen atoms in total. The smallest absolute Gasteiger partial charge is 0.270 e. The molecule has 108 valence electrons. The molecule has 1 rings (SSSR count). The lowest BCUT2D eigenvalue weighted by Crippen LogP contribution is -2.34. The molecule has 1 aromatic carbocycles. The first-order valence-corrected chi connectivity index (χ1v) is 6.00. The number of rotatable bonds is 5. The molecule has 1 aromatic rings. The third kappa shape index (κ3) is 4.06. The molecule has 0 amide bonds. The highest BCUT2D eigenvalue weighted by Crippen LogP contribution is 2.39. The highest BCUT2D eigenvalue weighted by Gasteiger charge is 2.28. The fourth-order valence-electron chi connectivity index (χ4n) is 1.92. The predicted molar refractivity (Wildman–Crippen MR) is 71.1 cm³/mol. The molecule has 0 aliphatic heterocycles. The van der Waals surface area contributed by atoms with Gasteiger partial charge >= 0.3 is 0 Å². The first-order valence-electron chi connectivity index (χ1n) is 6.00. The summed E-state index contributed by atoms with van der Waals surface area (Å²) in [6.07, 6.45) is 0.413. The third-order valence-corrected chi connectivity index (χ3v) is 2.71. The van der Waals surface area contributed by atoms with Gasteiger partial charge in [0.1, 0.15) is 0 Å². The highest BCUT2D eigenvalue weighted by atomic mass is 19.3. The van der Waals surface area contributed by atoms with E-state index in [1.165, 1.54) is 26.4 Å². The van der Waals surface area contributed by atoms with E-state index >= 15 is 0 Å². The monoisotopic (exact) mass is 273 g/mol. The largest absolute Gasteiger partial charge is 0.493 e. The Hall–Kier alpha value is -1.36. The van der Waals surface area contributed by atoms with E-state index < -0.39 is 11.5 Å². The summed E-state index contributed by atoms with van der Waals surface area (Å²) in [6.45, 7) is 4.51. The molecule has 0 aliphatic carbocycles. The lowest BCUT2D eigenvalue weighted by atomic mass is 9.93. The first kappa shape index (κ1) is 15.7. The Labute approximate surface area is 112 Å². The van der Waals surface area contributed by atoms with Gasteiger partial charge in [0.25, 0.3) is 5.92 Å². The summed E-state index contributed by atoms with van der Waals surface area (Å²) in [5.41, 5.74) is 5.94. The van der Waals surface area contributed by atoms with Crippen LogP contribution in [0.5, 0.6) is 11.5 Å². The summed E-state index contributed by atoms with van der Waals surface area (Å²) < 4.78 is 37.4. The Bertz CT molecular complexity index is 448. The number of halogens is 2. The SMILES string of the molecule is COc1cc(C(C)(F)F)cc(CC(C)(C)N)c1OC. The number of nitrogens with two attached hydrogens (primary N) is 1. The van der Waals surface area contributed by atoms with E-state index in [1.54, 1.807) is 0 Å². The van der Waals surface area contributed by atoms with Crippen molar-refractivity contribution in [2.24, 2.45) is 5.73 Å². The zero-order valence-corrected chi connectivity index (χ0v) is 12.0. The van der Waals surface area contributed by atoms with Crippen LogP contribution in [0.3, 0.4) is 0 Å². The van der Waals surface area contributed by atoms with Crippen LogP contribution < -0.4 is 15.2 Å². The van der Waals surface area contributed by atoms with Crippen molar-refractivity contribution in [3.05, 3.63) is 23.3 Å². The molecule has 0 radical (unpaired) electrons. The number of alkyl halides is 2. The van der Waals surface area contributed by atoms with Gasteiger partial charge in [-0.25, -0.2) is 8.78 Å². The van der Waals surface area contributed by atoms with Crippen LogP contribution in [0.1, 0.15) is 31.9 Å². The second kappa shape index (κ2) is 5.33. The molecule has 5 heteroatoms. The van der Waals surface area contributed by atoms with Crippen molar-refractivity contribution in [2.45, 2.75) is 38.7 Å². The van der Waals surface area contributed by atoms with Crippen molar-refractivity contribution in [3.8, 4) is 11.5 Å². The van der Waals surface area contributed by atoms with Crippen LogP contribution in [0.25, 0.3) is 0 Å². The van der Waals surface area contributed by atoms with Crippen molar-refractivity contribution in [1.82, 2.24) is 0 Å². The van der Waals surface area contributed by atoms with E-state index in [0.717, 1.165) is 6.92 Å². The fourth-order valence-corrected chi connectivity index (χ4v) is 1.92. The molecule has 0 atom stereocenters. The van der Waals surface area contributed by atoms with Crippen molar-refractivity contribution in [2.75, 3.05) is 14.2 Å². The maximum absolute atomic E-state index is 13.5. The zero-order chi connectivity index (χ0) is 14.8. The van der Waals surface area contributed by atoms with E-state index in [4.69, 9.17) is 15.2 Å². The molecule has 0 heterocycles. The van der Waals surface area contributed by atoms with Crippen LogP contribution in [0, 0.1) is 0 Å². The molecule has 0 saturated heterocycles. The van der Waals surface area contributed by atoms with Crippen LogP contribution in [-0.4, -0.2) is 19.8 Å². The van der Waals surface area contributed by atoms with Crippen LogP contribution >= 0.6 is 0 Å². The Balaban J connectivity index is 3.40. The topological polar surface area (TPSA) is 44.5 Å².